The Balaban J connectivity index is 1.57. The van der Waals surface area contributed by atoms with Gasteiger partial charge in [-0.3, -0.25) is 14.4 Å². The van der Waals surface area contributed by atoms with Crippen LogP contribution in [0.2, 0.25) is 0 Å². The molecule has 2 aromatic carbocycles. The summed E-state index contributed by atoms with van der Waals surface area (Å²) in [6, 6.07) is 16.7. The summed E-state index contributed by atoms with van der Waals surface area (Å²) in [6.07, 6.45) is 0.215. The number of carbonyl (C=O) groups is 3. The Bertz CT molecular complexity index is 820. The predicted molar refractivity (Wildman–Crippen MR) is 99.5 cm³/mol. The number of carbonyl (C=O) groups excluding carboxylic acids is 3. The molecule has 1 fully saturated rings. The van der Waals surface area contributed by atoms with Gasteiger partial charge in [-0.05, 0) is 29.8 Å². The highest BCUT2D eigenvalue weighted by Crippen LogP contribution is 2.25. The summed E-state index contributed by atoms with van der Waals surface area (Å²) in [4.78, 5) is 37.4. The van der Waals surface area contributed by atoms with Gasteiger partial charge in [-0.25, -0.2) is 0 Å². The number of anilines is 2. The van der Waals surface area contributed by atoms with Crippen LogP contribution in [0.5, 0.6) is 0 Å². The summed E-state index contributed by atoms with van der Waals surface area (Å²) in [6.45, 7) is 2.19. The summed E-state index contributed by atoms with van der Waals surface area (Å²) < 4.78 is 0. The van der Waals surface area contributed by atoms with E-state index in [0.29, 0.717) is 18.8 Å². The first-order valence-corrected chi connectivity index (χ1v) is 8.52. The van der Waals surface area contributed by atoms with Gasteiger partial charge in [-0.15, -0.1) is 0 Å². The zero-order valence-electron chi connectivity index (χ0n) is 14.6. The lowest BCUT2D eigenvalue weighted by molar-refractivity contribution is -0.126. The number of rotatable bonds is 5. The first-order valence-electron chi connectivity index (χ1n) is 8.52. The van der Waals surface area contributed by atoms with Gasteiger partial charge in [0.15, 0.2) is 0 Å². The summed E-state index contributed by atoms with van der Waals surface area (Å²) in [7, 11) is 0. The molecular formula is C20H21N3O3. The fourth-order valence-electron chi connectivity index (χ4n) is 3.04. The minimum atomic E-state index is -0.360. The van der Waals surface area contributed by atoms with Crippen LogP contribution in [-0.2, 0) is 20.9 Å². The molecule has 3 amide bonds. The van der Waals surface area contributed by atoms with Crippen molar-refractivity contribution < 1.29 is 14.4 Å². The van der Waals surface area contributed by atoms with E-state index in [0.717, 1.165) is 11.3 Å². The van der Waals surface area contributed by atoms with E-state index in [1.165, 1.54) is 6.92 Å². The largest absolute Gasteiger partial charge is 0.352 e. The molecule has 1 aliphatic heterocycles. The lowest BCUT2D eigenvalue weighted by Gasteiger charge is -2.16. The fourth-order valence-corrected chi connectivity index (χ4v) is 3.04. The summed E-state index contributed by atoms with van der Waals surface area (Å²) in [5.41, 5.74) is 2.39. The normalized spacial score (nSPS) is 16.4. The van der Waals surface area contributed by atoms with Crippen molar-refractivity contribution >= 4 is 29.1 Å². The maximum absolute atomic E-state index is 12.4. The van der Waals surface area contributed by atoms with Crippen molar-refractivity contribution in [3.63, 3.8) is 0 Å². The highest BCUT2D eigenvalue weighted by Gasteiger charge is 2.34. The van der Waals surface area contributed by atoms with Crippen molar-refractivity contribution in [2.24, 2.45) is 5.92 Å². The van der Waals surface area contributed by atoms with Crippen LogP contribution < -0.4 is 15.5 Å². The second-order valence-corrected chi connectivity index (χ2v) is 6.34. The van der Waals surface area contributed by atoms with Crippen LogP contribution in [0, 0.1) is 5.92 Å². The van der Waals surface area contributed by atoms with E-state index in [2.05, 4.69) is 10.6 Å². The second kappa shape index (κ2) is 7.82. The average Bonchev–Trinajstić information content (AvgIpc) is 3.02. The Morgan fingerprint density at radius 2 is 1.88 bits per heavy atom. The first-order chi connectivity index (χ1) is 12.5. The third kappa shape index (κ3) is 4.27. The zero-order valence-corrected chi connectivity index (χ0v) is 14.6. The highest BCUT2D eigenvalue weighted by atomic mass is 16.2. The quantitative estimate of drug-likeness (QED) is 0.868. The number of amides is 3. The van der Waals surface area contributed by atoms with E-state index in [4.69, 9.17) is 0 Å². The lowest BCUT2D eigenvalue weighted by Crippen LogP contribution is -2.32. The molecule has 1 saturated heterocycles. The van der Waals surface area contributed by atoms with Crippen LogP contribution in [0.4, 0.5) is 11.4 Å². The molecule has 1 unspecified atom stereocenters. The molecule has 134 valence electrons. The molecule has 26 heavy (non-hydrogen) atoms. The Labute approximate surface area is 152 Å². The van der Waals surface area contributed by atoms with Crippen molar-refractivity contribution in [2.45, 2.75) is 19.9 Å². The van der Waals surface area contributed by atoms with Crippen LogP contribution in [0.15, 0.2) is 54.6 Å². The Kier molecular flexibility index (Phi) is 5.31. The predicted octanol–water partition coefficient (Wildman–Crippen LogP) is 2.31. The SMILES string of the molecule is CC(=O)Nc1cccc(CNC(=O)C2CC(=O)N(c3ccccc3)C2)c1. The van der Waals surface area contributed by atoms with Crippen LogP contribution >= 0.6 is 0 Å². The average molecular weight is 351 g/mol. The maximum Gasteiger partial charge on any atom is 0.227 e. The first kappa shape index (κ1) is 17.7. The molecule has 1 aliphatic rings. The van der Waals surface area contributed by atoms with Crippen LogP contribution in [0.25, 0.3) is 0 Å². The fraction of sp³-hybridized carbons (Fsp3) is 0.250. The molecule has 2 N–H and O–H groups in total. The molecule has 2 aromatic rings. The van der Waals surface area contributed by atoms with Gasteiger partial charge in [0.25, 0.3) is 0 Å². The van der Waals surface area contributed by atoms with Crippen LogP contribution in [-0.4, -0.2) is 24.3 Å². The standard InChI is InChI=1S/C20H21N3O3/c1-14(24)22-17-7-5-6-15(10-17)12-21-20(26)16-11-19(25)23(13-16)18-8-3-2-4-9-18/h2-10,16H,11-13H2,1H3,(H,21,26)(H,22,24). The topological polar surface area (TPSA) is 78.5 Å². The molecule has 0 bridgehead atoms. The minimum Gasteiger partial charge on any atom is -0.352 e. The third-order valence-electron chi connectivity index (χ3n) is 4.28. The van der Waals surface area contributed by atoms with E-state index >= 15 is 0 Å². The smallest absolute Gasteiger partial charge is 0.227 e. The molecule has 1 heterocycles. The summed E-state index contributed by atoms with van der Waals surface area (Å²) >= 11 is 0. The second-order valence-electron chi connectivity index (χ2n) is 6.34. The zero-order chi connectivity index (χ0) is 18.5. The van der Waals surface area contributed by atoms with Crippen molar-refractivity contribution in [3.8, 4) is 0 Å². The molecule has 3 rings (SSSR count). The van der Waals surface area contributed by atoms with Gasteiger partial charge in [0.1, 0.15) is 0 Å². The maximum atomic E-state index is 12.4. The number of hydrogen-bond acceptors (Lipinski definition) is 3. The van der Waals surface area contributed by atoms with Crippen LogP contribution in [0.3, 0.4) is 0 Å². The van der Waals surface area contributed by atoms with Gasteiger partial charge in [0.2, 0.25) is 17.7 Å². The molecule has 0 radical (unpaired) electrons. The lowest BCUT2D eigenvalue weighted by atomic mass is 10.1. The van der Waals surface area contributed by atoms with Gasteiger partial charge in [0.05, 0.1) is 5.92 Å². The molecule has 0 aromatic heterocycles. The van der Waals surface area contributed by atoms with Gasteiger partial charge >= 0.3 is 0 Å². The molecule has 0 saturated carbocycles. The van der Waals surface area contributed by atoms with E-state index < -0.39 is 0 Å². The van der Waals surface area contributed by atoms with E-state index in [9.17, 15) is 14.4 Å². The number of nitrogens with zero attached hydrogens (tertiary/aromatic N) is 1. The number of hydrogen-bond donors (Lipinski definition) is 2. The van der Waals surface area contributed by atoms with Crippen LogP contribution in [0.1, 0.15) is 18.9 Å². The highest BCUT2D eigenvalue weighted by molar-refractivity contribution is 6.00. The summed E-state index contributed by atoms with van der Waals surface area (Å²) in [5, 5.41) is 5.60. The molecule has 1 atom stereocenters. The molecule has 6 nitrogen and oxygen atoms in total. The Morgan fingerprint density at radius 1 is 1.12 bits per heavy atom. The van der Waals surface area contributed by atoms with E-state index in [1.54, 1.807) is 11.0 Å². The Hall–Kier alpha value is -3.15. The Morgan fingerprint density at radius 3 is 2.62 bits per heavy atom. The minimum absolute atomic E-state index is 0.0380. The molecule has 0 spiro atoms. The van der Waals surface area contributed by atoms with Gasteiger partial charge in [0, 0.05) is 37.8 Å². The van der Waals surface area contributed by atoms with Crippen molar-refractivity contribution in [3.05, 3.63) is 60.2 Å². The van der Waals surface area contributed by atoms with Gasteiger partial charge in [-0.2, -0.15) is 0 Å². The molecule has 6 heteroatoms. The number of benzene rings is 2. The monoisotopic (exact) mass is 351 g/mol. The van der Waals surface area contributed by atoms with E-state index in [-0.39, 0.29) is 30.1 Å². The molecule has 0 aliphatic carbocycles. The van der Waals surface area contributed by atoms with Crippen molar-refractivity contribution in [1.29, 1.82) is 0 Å². The van der Waals surface area contributed by atoms with E-state index in [1.807, 2.05) is 48.5 Å². The van der Waals surface area contributed by atoms with Crippen molar-refractivity contribution in [1.82, 2.24) is 5.32 Å². The molecular weight excluding hydrogens is 330 g/mol. The van der Waals surface area contributed by atoms with Crippen molar-refractivity contribution in [2.75, 3.05) is 16.8 Å². The van der Waals surface area contributed by atoms with Gasteiger partial charge < -0.3 is 15.5 Å². The number of para-hydroxylation sites is 1. The van der Waals surface area contributed by atoms with Gasteiger partial charge in [-0.1, -0.05) is 30.3 Å². The third-order valence-corrected chi connectivity index (χ3v) is 4.28. The number of nitrogens with one attached hydrogen (secondary N) is 2. The summed E-state index contributed by atoms with van der Waals surface area (Å²) in [5.74, 6) is -0.677.